The summed E-state index contributed by atoms with van der Waals surface area (Å²) < 4.78 is 134. The van der Waals surface area contributed by atoms with E-state index in [-0.39, 0.29) is 26.5 Å². The summed E-state index contributed by atoms with van der Waals surface area (Å²) in [6, 6.07) is 4.39. The van der Waals surface area contributed by atoms with Gasteiger partial charge < -0.3 is 4.90 Å². The molecule has 0 aromatic heterocycles. The number of nitrogens with zero attached hydrogens (tertiary/aromatic N) is 1. The van der Waals surface area contributed by atoms with Crippen molar-refractivity contribution in [3.05, 3.63) is 74.2 Å². The van der Waals surface area contributed by atoms with Crippen molar-refractivity contribution in [3.63, 3.8) is 0 Å². The van der Waals surface area contributed by atoms with E-state index in [9.17, 15) is 53.5 Å². The zero-order chi connectivity index (χ0) is 29.9. The van der Waals surface area contributed by atoms with Crippen molar-refractivity contribution in [2.45, 2.75) is 37.3 Å². The Balaban J connectivity index is 2.39. The molecule has 0 radical (unpaired) electrons. The van der Waals surface area contributed by atoms with Gasteiger partial charge in [0.25, 0.3) is 0 Å². The van der Waals surface area contributed by atoms with E-state index in [0.29, 0.717) is 12.1 Å². The van der Waals surface area contributed by atoms with E-state index in [1.807, 2.05) is 0 Å². The Bertz CT molecular complexity index is 1250. The van der Waals surface area contributed by atoms with Crippen LogP contribution in [0.1, 0.15) is 45.8 Å². The number of Topliss-reactive ketones (excluding diaryl/α,β-unsaturated/α-hetero) is 1. The summed E-state index contributed by atoms with van der Waals surface area (Å²) >= 11 is 8.81. The third-order valence-electron chi connectivity index (χ3n) is 5.28. The van der Waals surface area contributed by atoms with E-state index < -0.39 is 83.6 Å². The topological polar surface area (TPSA) is 37.4 Å². The number of halogens is 12. The van der Waals surface area contributed by atoms with Crippen LogP contribution in [-0.2, 0) is 11.0 Å². The van der Waals surface area contributed by atoms with Crippen LogP contribution in [0.25, 0.3) is 5.83 Å². The Kier molecular flexibility index (Phi) is 10.3. The molecule has 0 N–H and O–H groups in total. The van der Waals surface area contributed by atoms with Crippen molar-refractivity contribution in [2.75, 3.05) is 13.6 Å². The molecule has 1 atom stereocenters. The summed E-state index contributed by atoms with van der Waals surface area (Å²) in [5.41, 5.74) is -4.14. The van der Waals surface area contributed by atoms with E-state index in [2.05, 4.69) is 15.9 Å². The van der Waals surface area contributed by atoms with Crippen LogP contribution >= 0.6 is 27.5 Å². The fourth-order valence-corrected chi connectivity index (χ4v) is 3.84. The molecular weight excluding hydrogens is 640 g/mol. The average Bonchev–Trinajstić information content (AvgIpc) is 2.79. The van der Waals surface area contributed by atoms with Crippen molar-refractivity contribution < 1.29 is 53.5 Å². The monoisotopic (exact) mass is 655 g/mol. The average molecular weight is 657 g/mol. The molecule has 2 aromatic rings. The van der Waals surface area contributed by atoms with Gasteiger partial charge in [0, 0.05) is 35.5 Å². The first-order valence-electron chi connectivity index (χ1n) is 10.6. The molecule has 2 rings (SSSR count). The molecule has 0 aliphatic carbocycles. The van der Waals surface area contributed by atoms with E-state index in [4.69, 9.17) is 11.6 Å². The summed E-state index contributed by atoms with van der Waals surface area (Å²) in [5.74, 6) is -6.71. The van der Waals surface area contributed by atoms with Gasteiger partial charge in [-0.15, -0.1) is 0 Å². The highest BCUT2D eigenvalue weighted by Crippen LogP contribution is 2.41. The van der Waals surface area contributed by atoms with Gasteiger partial charge in [-0.2, -0.15) is 39.5 Å². The molecule has 0 heterocycles. The number of carbonyl (C=O) groups is 2. The third-order valence-corrected chi connectivity index (χ3v) is 6.51. The minimum absolute atomic E-state index is 0.0612. The standard InChI is InChI=1S/C24H17BrClF10NO2/c1-37(11-22(28,29)30)21(39)7-6-20(38)14-4-2-13(8-16(14)24(34,35)36)19(27)10-15(23(31,32)33)12-3-5-17(25)18(26)9-12/h2-5,8-10,15H,6-7,11H2,1H3/b19-10-. The van der Waals surface area contributed by atoms with Crippen LogP contribution in [0, 0.1) is 0 Å². The Morgan fingerprint density at radius 2 is 1.59 bits per heavy atom. The predicted molar refractivity (Wildman–Crippen MR) is 126 cm³/mol. The molecule has 0 fully saturated rings. The summed E-state index contributed by atoms with van der Waals surface area (Å²) in [6.07, 6.45) is -16.7. The van der Waals surface area contributed by atoms with Crippen LogP contribution in [0.5, 0.6) is 0 Å². The van der Waals surface area contributed by atoms with Crippen molar-refractivity contribution in [1.29, 1.82) is 0 Å². The molecule has 39 heavy (non-hydrogen) atoms. The number of hydrogen-bond donors (Lipinski definition) is 0. The highest BCUT2D eigenvalue weighted by molar-refractivity contribution is 9.10. The molecule has 0 saturated carbocycles. The van der Waals surface area contributed by atoms with Gasteiger partial charge in [-0.25, -0.2) is 4.39 Å². The highest BCUT2D eigenvalue weighted by atomic mass is 79.9. The first kappa shape index (κ1) is 32.6. The summed E-state index contributed by atoms with van der Waals surface area (Å²) in [4.78, 5) is 24.5. The summed E-state index contributed by atoms with van der Waals surface area (Å²) in [7, 11) is 0.793. The molecule has 0 spiro atoms. The molecule has 2 aromatic carbocycles. The second-order valence-electron chi connectivity index (χ2n) is 8.25. The van der Waals surface area contributed by atoms with Crippen LogP contribution in [0.4, 0.5) is 43.9 Å². The number of ketones is 1. The number of carbonyl (C=O) groups excluding carboxylic acids is 2. The van der Waals surface area contributed by atoms with Crippen LogP contribution in [0.2, 0.25) is 5.02 Å². The second kappa shape index (κ2) is 12.3. The van der Waals surface area contributed by atoms with Crippen molar-refractivity contribution in [2.24, 2.45) is 0 Å². The van der Waals surface area contributed by atoms with E-state index >= 15 is 0 Å². The van der Waals surface area contributed by atoms with Crippen molar-refractivity contribution in [3.8, 4) is 0 Å². The molecule has 0 aliphatic heterocycles. The van der Waals surface area contributed by atoms with Gasteiger partial charge in [-0.3, -0.25) is 9.59 Å². The van der Waals surface area contributed by atoms with Gasteiger partial charge >= 0.3 is 18.5 Å². The first-order chi connectivity index (χ1) is 17.7. The fraction of sp³-hybridized carbons (Fsp3) is 0.333. The lowest BCUT2D eigenvalue weighted by Gasteiger charge is -2.19. The predicted octanol–water partition coefficient (Wildman–Crippen LogP) is 8.76. The Morgan fingerprint density at radius 1 is 0.974 bits per heavy atom. The van der Waals surface area contributed by atoms with Gasteiger partial charge in [0.1, 0.15) is 18.3 Å². The normalized spacial score (nSPS) is 13.8. The molecule has 0 aliphatic rings. The molecule has 3 nitrogen and oxygen atoms in total. The van der Waals surface area contributed by atoms with Crippen LogP contribution < -0.4 is 0 Å². The molecule has 15 heteroatoms. The lowest BCUT2D eigenvalue weighted by atomic mass is 9.94. The largest absolute Gasteiger partial charge is 0.417 e. The molecule has 1 amide bonds. The zero-order valence-electron chi connectivity index (χ0n) is 19.5. The van der Waals surface area contributed by atoms with Gasteiger partial charge in [-0.1, -0.05) is 29.8 Å². The number of alkyl halides is 9. The lowest BCUT2D eigenvalue weighted by Crippen LogP contribution is -2.35. The lowest BCUT2D eigenvalue weighted by molar-refractivity contribution is -0.158. The molecule has 0 bridgehead atoms. The van der Waals surface area contributed by atoms with Crippen molar-refractivity contribution in [1.82, 2.24) is 4.90 Å². The number of hydrogen-bond acceptors (Lipinski definition) is 2. The number of rotatable bonds is 8. The minimum Gasteiger partial charge on any atom is -0.337 e. The van der Waals surface area contributed by atoms with E-state index in [1.54, 1.807) is 0 Å². The Morgan fingerprint density at radius 3 is 2.10 bits per heavy atom. The molecule has 0 saturated heterocycles. The molecule has 1 unspecified atom stereocenters. The number of benzene rings is 2. The van der Waals surface area contributed by atoms with Gasteiger partial charge in [0.15, 0.2) is 5.78 Å². The summed E-state index contributed by atoms with van der Waals surface area (Å²) in [5, 5.41) is -0.124. The maximum absolute atomic E-state index is 14.9. The third kappa shape index (κ3) is 9.23. The Labute approximate surface area is 228 Å². The summed E-state index contributed by atoms with van der Waals surface area (Å²) in [6.45, 7) is -1.64. The number of allylic oxidation sites excluding steroid dienone is 1. The maximum Gasteiger partial charge on any atom is 0.417 e. The molecular formula is C24H17BrClF10NO2. The van der Waals surface area contributed by atoms with Crippen LogP contribution in [0.3, 0.4) is 0 Å². The SMILES string of the molecule is CN(CC(F)(F)F)C(=O)CCC(=O)c1ccc(/C(F)=C/C(c2ccc(Br)c(Cl)c2)C(F)(F)F)cc1C(F)(F)F. The van der Waals surface area contributed by atoms with Gasteiger partial charge in [-0.05, 0) is 45.8 Å². The highest BCUT2D eigenvalue weighted by Gasteiger charge is 2.41. The molecule has 214 valence electrons. The second-order valence-corrected chi connectivity index (χ2v) is 9.52. The van der Waals surface area contributed by atoms with Crippen LogP contribution in [0.15, 0.2) is 46.9 Å². The van der Waals surface area contributed by atoms with Crippen molar-refractivity contribution >= 4 is 45.0 Å². The van der Waals surface area contributed by atoms with Crippen LogP contribution in [-0.4, -0.2) is 42.5 Å². The Hall–Kier alpha value is -2.61. The maximum atomic E-state index is 14.9. The van der Waals surface area contributed by atoms with Gasteiger partial charge in [0.05, 0.1) is 10.6 Å². The van der Waals surface area contributed by atoms with E-state index in [0.717, 1.165) is 19.2 Å². The van der Waals surface area contributed by atoms with Gasteiger partial charge in [0.2, 0.25) is 5.91 Å². The first-order valence-corrected chi connectivity index (χ1v) is 11.8. The zero-order valence-corrected chi connectivity index (χ0v) is 21.9. The quantitative estimate of drug-likeness (QED) is 0.211. The number of amides is 1. The minimum atomic E-state index is -5.26. The smallest absolute Gasteiger partial charge is 0.337 e. The van der Waals surface area contributed by atoms with E-state index in [1.165, 1.54) is 6.07 Å². The fourth-order valence-electron chi connectivity index (χ4n) is 3.40.